The first kappa shape index (κ1) is 38.7. The summed E-state index contributed by atoms with van der Waals surface area (Å²) in [4.78, 5) is 28.8. The fourth-order valence-electron chi connectivity index (χ4n) is 3.04. The molecule has 0 bridgehead atoms. The molecule has 0 spiro atoms. The van der Waals surface area contributed by atoms with Crippen molar-refractivity contribution >= 4 is 27.6 Å². The summed E-state index contributed by atoms with van der Waals surface area (Å²) in [5.41, 5.74) is 1.50. The van der Waals surface area contributed by atoms with Crippen LogP contribution in [0.1, 0.15) is 48.5 Å². The van der Waals surface area contributed by atoms with Crippen LogP contribution in [0.25, 0.3) is 11.4 Å². The van der Waals surface area contributed by atoms with Gasteiger partial charge >= 0.3 is 51.4 Å². The van der Waals surface area contributed by atoms with E-state index in [2.05, 4.69) is 36.1 Å². The Morgan fingerprint density at radius 1 is 0.791 bits per heavy atom. The normalized spacial score (nSPS) is 14.0. The number of anilines is 1. The van der Waals surface area contributed by atoms with Gasteiger partial charge in [-0.15, -0.1) is 5.23 Å². The number of halogens is 1. The largest absolute Gasteiger partial charge is 1.00 e. The summed E-state index contributed by atoms with van der Waals surface area (Å²) in [7, 11) is 3.21. The molecule has 0 N–H and O–H groups in total. The van der Waals surface area contributed by atoms with Crippen molar-refractivity contribution in [3.05, 3.63) is 66.2 Å². The molecule has 1 saturated heterocycles. The molecule has 0 amide bonds. The Morgan fingerprint density at radius 2 is 1.21 bits per heavy atom. The van der Waals surface area contributed by atoms with Gasteiger partial charge in [-0.05, 0) is 50.5 Å². The minimum absolute atomic E-state index is 0. The van der Waals surface area contributed by atoms with E-state index in [0.717, 1.165) is 22.8 Å². The molecule has 0 saturated carbocycles. The van der Waals surface area contributed by atoms with E-state index < -0.39 is 17.2 Å². The number of aliphatic carboxylic acids is 1. The average Bonchev–Trinajstić information content (AvgIpc) is 3.68. The number of pyridine rings is 2. The molecule has 5 heterocycles. The van der Waals surface area contributed by atoms with E-state index in [9.17, 15) is 0 Å². The van der Waals surface area contributed by atoms with Crippen molar-refractivity contribution in [2.45, 2.75) is 59.7 Å². The van der Waals surface area contributed by atoms with E-state index in [0.29, 0.717) is 17.2 Å². The number of nitrogens with zero attached hydrogens (tertiary/aromatic N) is 7. The van der Waals surface area contributed by atoms with E-state index in [1.54, 1.807) is 60.8 Å². The molecule has 0 aliphatic carbocycles. The van der Waals surface area contributed by atoms with Gasteiger partial charge in [0, 0.05) is 24.3 Å². The number of carboxylic acids is 1. The first-order chi connectivity index (χ1) is 19.8. The summed E-state index contributed by atoms with van der Waals surface area (Å²) in [5.74, 6) is 0.305. The monoisotopic (exact) mass is 685 g/mol. The number of ether oxygens (including phenoxy) is 2. The van der Waals surface area contributed by atoms with Gasteiger partial charge in [0.25, 0.3) is 0 Å². The third kappa shape index (κ3) is 11.2. The average molecular weight is 687 g/mol. The maximum atomic E-state index is 8.89. The number of carbonyl (C=O) groups is 1. The number of aromatic nitrogens is 6. The smallest absolute Gasteiger partial charge is 0.550 e. The van der Waals surface area contributed by atoms with Gasteiger partial charge in [0.15, 0.2) is 0 Å². The van der Waals surface area contributed by atoms with Crippen LogP contribution in [0.2, 0.25) is 0 Å². The molecule has 15 heteroatoms. The molecule has 1 aliphatic rings. The summed E-state index contributed by atoms with van der Waals surface area (Å²) in [6, 6.07) is 3.72. The molecule has 1 fully saturated rings. The SMILES string of the molecule is CC.CC(=O)[O-].COc1cncc(-n2cc(Br)cn2)c1.COc1cncc(-n2cc(N3OC(C)(C)C(C)(C)O3)cn2)c1.[K+]. The standard InChI is InChI=1S/C15H20N4O3.C9H8BrN3O.C2H4O2.C2H6.K/c1-14(2)15(3,4)22-19(21-14)12-8-17-18(10-12)11-6-13(20-5)9-16-7-11;1-14-9-2-8(4-11-5-9)13-6-7(10)3-12-13;1-2(3)4;1-2;/h6-10H,1-5H3;2-6H,1H3;1H3,(H,3,4);1-2H3;/q;;;;+1/p-1. The predicted molar refractivity (Wildman–Crippen MR) is 158 cm³/mol. The topological polar surface area (TPSA) is 142 Å². The quantitative estimate of drug-likeness (QED) is 0.281. The molecule has 1 aliphatic heterocycles. The van der Waals surface area contributed by atoms with Crippen molar-refractivity contribution in [1.29, 1.82) is 0 Å². The molecule has 4 aromatic heterocycles. The van der Waals surface area contributed by atoms with Gasteiger partial charge < -0.3 is 19.4 Å². The van der Waals surface area contributed by atoms with Gasteiger partial charge in [0.05, 0.1) is 73.4 Å². The summed E-state index contributed by atoms with van der Waals surface area (Å²) in [5, 5.41) is 18.8. The van der Waals surface area contributed by atoms with Crippen LogP contribution >= 0.6 is 15.9 Å². The van der Waals surface area contributed by atoms with Crippen LogP contribution in [-0.4, -0.2) is 60.9 Å². The second kappa shape index (κ2) is 17.8. The number of methoxy groups -OCH3 is 2. The Bertz CT molecular complexity index is 1410. The van der Waals surface area contributed by atoms with Crippen molar-refractivity contribution in [3.63, 3.8) is 0 Å². The van der Waals surface area contributed by atoms with Crippen LogP contribution in [0.15, 0.2) is 66.2 Å². The summed E-state index contributed by atoms with van der Waals surface area (Å²) in [6.07, 6.45) is 13.8. The molecule has 13 nitrogen and oxygen atoms in total. The number of hydrogen-bond acceptors (Lipinski definition) is 11. The van der Waals surface area contributed by atoms with Crippen molar-refractivity contribution in [2.24, 2.45) is 0 Å². The van der Waals surface area contributed by atoms with Gasteiger partial charge in [0.2, 0.25) is 0 Å². The first-order valence-corrected chi connectivity index (χ1v) is 13.7. The molecule has 0 aromatic carbocycles. The summed E-state index contributed by atoms with van der Waals surface area (Å²) in [6.45, 7) is 12.9. The van der Waals surface area contributed by atoms with Crippen molar-refractivity contribution < 1.29 is 80.4 Å². The number of carboxylic acid groups (broad SMARTS) is 1. The third-order valence-electron chi connectivity index (χ3n) is 5.80. The minimum Gasteiger partial charge on any atom is -0.550 e. The van der Waals surface area contributed by atoms with Crippen molar-refractivity contribution in [1.82, 2.24) is 29.5 Å². The number of carbonyl (C=O) groups excluding carboxylic acids is 1. The molecular formula is C28H37BrKN7O6. The van der Waals surface area contributed by atoms with E-state index in [-0.39, 0.29) is 51.4 Å². The van der Waals surface area contributed by atoms with Gasteiger partial charge in [0.1, 0.15) is 28.4 Å². The van der Waals surface area contributed by atoms with Crippen LogP contribution in [0.5, 0.6) is 11.5 Å². The van der Waals surface area contributed by atoms with Crippen LogP contribution in [0.3, 0.4) is 0 Å². The zero-order valence-corrected chi connectivity index (χ0v) is 30.9. The van der Waals surface area contributed by atoms with Crippen LogP contribution in [0.4, 0.5) is 5.69 Å². The summed E-state index contributed by atoms with van der Waals surface area (Å²) < 4.78 is 14.6. The van der Waals surface area contributed by atoms with Gasteiger partial charge in [-0.25, -0.2) is 19.0 Å². The Morgan fingerprint density at radius 3 is 1.60 bits per heavy atom. The molecule has 0 radical (unpaired) electrons. The molecule has 4 aromatic rings. The number of hydrogen-bond donors (Lipinski definition) is 0. The fourth-order valence-corrected chi connectivity index (χ4v) is 3.32. The van der Waals surface area contributed by atoms with Gasteiger partial charge in [-0.2, -0.15) is 10.2 Å². The number of rotatable bonds is 5. The van der Waals surface area contributed by atoms with E-state index in [1.165, 1.54) is 5.23 Å². The Labute approximate surface area is 303 Å². The van der Waals surface area contributed by atoms with Crippen LogP contribution in [0, 0.1) is 0 Å². The maximum Gasteiger partial charge on any atom is 1.00 e. The second-order valence-electron chi connectivity index (χ2n) is 9.36. The zero-order valence-electron chi connectivity index (χ0n) is 26.2. The minimum atomic E-state index is -1.08. The van der Waals surface area contributed by atoms with E-state index in [1.807, 2.05) is 66.1 Å². The molecular weight excluding hydrogens is 649 g/mol. The third-order valence-corrected chi connectivity index (χ3v) is 6.21. The van der Waals surface area contributed by atoms with Crippen LogP contribution < -0.4 is 71.2 Å². The van der Waals surface area contributed by atoms with Crippen LogP contribution in [-0.2, 0) is 14.5 Å². The molecule has 0 atom stereocenters. The first-order valence-electron chi connectivity index (χ1n) is 12.9. The molecule has 5 rings (SSSR count). The van der Waals surface area contributed by atoms with Gasteiger partial charge in [-0.3, -0.25) is 9.97 Å². The second-order valence-corrected chi connectivity index (χ2v) is 10.3. The summed E-state index contributed by atoms with van der Waals surface area (Å²) >= 11 is 3.33. The Hall–Kier alpha value is -2.37. The van der Waals surface area contributed by atoms with Crippen molar-refractivity contribution in [3.8, 4) is 22.9 Å². The fraction of sp³-hybridized carbons (Fsp3) is 0.393. The molecule has 43 heavy (non-hydrogen) atoms. The maximum absolute atomic E-state index is 8.89. The van der Waals surface area contributed by atoms with Gasteiger partial charge in [-0.1, -0.05) is 13.8 Å². The Kier molecular flexibility index (Phi) is 16.0. The molecule has 228 valence electrons. The van der Waals surface area contributed by atoms with E-state index >= 15 is 0 Å². The predicted octanol–water partition coefficient (Wildman–Crippen LogP) is 1.34. The van der Waals surface area contributed by atoms with Crippen molar-refractivity contribution in [2.75, 3.05) is 19.4 Å². The Balaban J connectivity index is 0.000000379. The zero-order chi connectivity index (χ0) is 31.5. The van der Waals surface area contributed by atoms with E-state index in [4.69, 9.17) is 29.0 Å². The molecule has 0 unspecified atom stereocenters.